The fourth-order valence-electron chi connectivity index (χ4n) is 2.47. The molecule has 0 radical (unpaired) electrons. The average Bonchev–Trinajstić information content (AvgIpc) is 2.57. The van der Waals surface area contributed by atoms with E-state index in [1.807, 2.05) is 30.3 Å². The van der Waals surface area contributed by atoms with Crippen molar-refractivity contribution in [1.82, 2.24) is 0 Å². The highest BCUT2D eigenvalue weighted by Gasteiger charge is 2.16. The lowest BCUT2D eigenvalue weighted by Crippen LogP contribution is -2.15. The van der Waals surface area contributed by atoms with Crippen molar-refractivity contribution >= 4 is 11.6 Å². The zero-order valence-electron chi connectivity index (χ0n) is 14.3. The fourth-order valence-corrected chi connectivity index (χ4v) is 2.47. The van der Waals surface area contributed by atoms with E-state index in [2.05, 4.69) is 64.1 Å². The van der Waals surface area contributed by atoms with Gasteiger partial charge in [-0.25, -0.2) is 0 Å². The Hall–Kier alpha value is -2.53. The van der Waals surface area contributed by atoms with E-state index < -0.39 is 0 Å². The van der Waals surface area contributed by atoms with Crippen molar-refractivity contribution in [2.75, 3.05) is 5.32 Å². The molecule has 2 aromatic rings. The predicted octanol–water partition coefficient (Wildman–Crippen LogP) is 5.44. The molecule has 2 aromatic carbocycles. The van der Waals surface area contributed by atoms with E-state index in [-0.39, 0.29) is 5.91 Å². The lowest BCUT2D eigenvalue weighted by Gasteiger charge is -2.20. The summed E-state index contributed by atoms with van der Waals surface area (Å²) in [6.45, 7) is 8.60. The highest BCUT2D eigenvalue weighted by molar-refractivity contribution is 6.05. The second kappa shape index (κ2) is 8.80. The molecule has 1 N–H and O–H groups in total. The first-order valence-corrected chi connectivity index (χ1v) is 7.83. The van der Waals surface area contributed by atoms with E-state index >= 15 is 0 Å². The van der Waals surface area contributed by atoms with Gasteiger partial charge in [-0.1, -0.05) is 64.1 Å². The normalized spacial score (nSPS) is 10.1. The zero-order valence-corrected chi connectivity index (χ0v) is 14.3. The van der Waals surface area contributed by atoms with Crippen LogP contribution in [0.25, 0.3) is 0 Å². The van der Waals surface area contributed by atoms with Gasteiger partial charge >= 0.3 is 0 Å². The van der Waals surface area contributed by atoms with Gasteiger partial charge in [0.1, 0.15) is 0 Å². The maximum Gasteiger partial charge on any atom is 0.255 e. The number of amides is 1. The van der Waals surface area contributed by atoms with E-state index in [9.17, 15) is 4.79 Å². The first kappa shape index (κ1) is 18.5. The summed E-state index contributed by atoms with van der Waals surface area (Å²) in [6, 6.07) is 15.6. The highest BCUT2D eigenvalue weighted by Crippen LogP contribution is 2.32. The number of terminal acetylenes is 1. The summed E-state index contributed by atoms with van der Waals surface area (Å²) in [6.07, 6.45) is 8.00. The number of carbonyl (C=O) groups excluding carboxylic acids is 1. The molecule has 0 heterocycles. The lowest BCUT2D eigenvalue weighted by molar-refractivity contribution is 0.102. The molecule has 0 atom stereocenters. The van der Waals surface area contributed by atoms with Crippen LogP contribution in [0, 0.1) is 12.8 Å². The Morgan fingerprint density at radius 3 is 1.74 bits per heavy atom. The molecule has 0 bridgehead atoms. The number of nitrogens with one attached hydrogen (secondary N) is 1. The summed E-state index contributed by atoms with van der Waals surface area (Å²) < 4.78 is 0. The average molecular weight is 307 g/mol. The monoisotopic (exact) mass is 307 g/mol. The SMILES string of the molecule is C#C.CC(C)c1cccc(C(C)C)c1NC(=O)c1ccccc1. The lowest BCUT2D eigenvalue weighted by atomic mass is 9.92. The Bertz CT molecular complexity index is 628. The maximum atomic E-state index is 12.5. The molecule has 120 valence electrons. The zero-order chi connectivity index (χ0) is 17.4. The Kier molecular flexibility index (Phi) is 7.09. The van der Waals surface area contributed by atoms with E-state index in [0.29, 0.717) is 17.4 Å². The number of hydrogen-bond donors (Lipinski definition) is 1. The van der Waals surface area contributed by atoms with Crippen molar-refractivity contribution < 1.29 is 4.79 Å². The molecular weight excluding hydrogens is 282 g/mol. The third kappa shape index (κ3) is 4.72. The van der Waals surface area contributed by atoms with Crippen LogP contribution < -0.4 is 5.32 Å². The van der Waals surface area contributed by atoms with Crippen LogP contribution in [0.4, 0.5) is 5.69 Å². The topological polar surface area (TPSA) is 29.1 Å². The molecule has 0 fully saturated rings. The predicted molar refractivity (Wildman–Crippen MR) is 98.9 cm³/mol. The quantitative estimate of drug-likeness (QED) is 0.749. The van der Waals surface area contributed by atoms with E-state index in [4.69, 9.17) is 0 Å². The fraction of sp³-hybridized carbons (Fsp3) is 0.286. The van der Waals surface area contributed by atoms with E-state index in [1.54, 1.807) is 0 Å². The van der Waals surface area contributed by atoms with Gasteiger partial charge in [-0.2, -0.15) is 0 Å². The summed E-state index contributed by atoms with van der Waals surface area (Å²) in [5.74, 6) is 0.690. The molecule has 2 heteroatoms. The molecular formula is C21H25NO. The Balaban J connectivity index is 0.00000127. The van der Waals surface area contributed by atoms with Gasteiger partial charge in [-0.05, 0) is 35.1 Å². The molecule has 2 nitrogen and oxygen atoms in total. The van der Waals surface area contributed by atoms with Crippen molar-refractivity contribution in [2.24, 2.45) is 0 Å². The van der Waals surface area contributed by atoms with Gasteiger partial charge in [0, 0.05) is 11.3 Å². The molecule has 1 amide bonds. The van der Waals surface area contributed by atoms with E-state index in [0.717, 1.165) is 5.69 Å². The third-order valence-corrected chi connectivity index (χ3v) is 3.65. The van der Waals surface area contributed by atoms with Gasteiger partial charge < -0.3 is 5.32 Å². The van der Waals surface area contributed by atoms with Gasteiger partial charge in [0.15, 0.2) is 0 Å². The van der Waals surface area contributed by atoms with Gasteiger partial charge in [-0.15, -0.1) is 12.8 Å². The minimum absolute atomic E-state index is 0.0504. The van der Waals surface area contributed by atoms with E-state index in [1.165, 1.54) is 11.1 Å². The largest absolute Gasteiger partial charge is 0.321 e. The Labute approximate surface area is 139 Å². The first-order chi connectivity index (χ1) is 11.0. The molecule has 0 saturated heterocycles. The van der Waals surface area contributed by atoms with Crippen LogP contribution in [-0.4, -0.2) is 5.91 Å². The van der Waals surface area contributed by atoms with Crippen LogP contribution in [0.1, 0.15) is 61.0 Å². The number of anilines is 1. The molecule has 2 rings (SSSR count). The van der Waals surface area contributed by atoms with Crippen LogP contribution >= 0.6 is 0 Å². The van der Waals surface area contributed by atoms with Crippen molar-refractivity contribution in [3.8, 4) is 12.8 Å². The second-order valence-corrected chi connectivity index (χ2v) is 5.94. The number of benzene rings is 2. The van der Waals surface area contributed by atoms with Crippen molar-refractivity contribution in [2.45, 2.75) is 39.5 Å². The standard InChI is InChI=1S/C19H23NO.C2H2/c1-13(2)16-11-8-12-17(14(3)4)18(16)20-19(21)15-9-6-5-7-10-15;1-2/h5-14H,1-4H3,(H,20,21);1-2H. The van der Waals surface area contributed by atoms with Crippen LogP contribution in [-0.2, 0) is 0 Å². The van der Waals surface area contributed by atoms with Crippen LogP contribution in [0.3, 0.4) is 0 Å². The van der Waals surface area contributed by atoms with Gasteiger partial charge in [-0.3, -0.25) is 4.79 Å². The first-order valence-electron chi connectivity index (χ1n) is 7.83. The third-order valence-electron chi connectivity index (χ3n) is 3.65. The van der Waals surface area contributed by atoms with Crippen molar-refractivity contribution in [3.05, 3.63) is 65.2 Å². The molecule has 0 aliphatic rings. The molecule has 0 spiro atoms. The Morgan fingerprint density at radius 2 is 1.30 bits per heavy atom. The number of para-hydroxylation sites is 1. The van der Waals surface area contributed by atoms with Gasteiger partial charge in [0.25, 0.3) is 5.91 Å². The summed E-state index contributed by atoms with van der Waals surface area (Å²) >= 11 is 0. The molecule has 23 heavy (non-hydrogen) atoms. The van der Waals surface area contributed by atoms with Crippen LogP contribution in [0.5, 0.6) is 0 Å². The minimum Gasteiger partial charge on any atom is -0.321 e. The summed E-state index contributed by atoms with van der Waals surface area (Å²) in [5.41, 5.74) is 4.03. The van der Waals surface area contributed by atoms with Gasteiger partial charge in [0.05, 0.1) is 0 Å². The van der Waals surface area contributed by atoms with Crippen molar-refractivity contribution in [1.29, 1.82) is 0 Å². The number of rotatable bonds is 4. The highest BCUT2D eigenvalue weighted by atomic mass is 16.1. The number of hydrogen-bond acceptors (Lipinski definition) is 1. The van der Waals surface area contributed by atoms with Crippen LogP contribution in [0.2, 0.25) is 0 Å². The molecule has 0 aromatic heterocycles. The molecule has 0 saturated carbocycles. The van der Waals surface area contributed by atoms with Crippen LogP contribution in [0.15, 0.2) is 48.5 Å². The second-order valence-electron chi connectivity index (χ2n) is 5.94. The maximum absolute atomic E-state index is 12.5. The number of carbonyl (C=O) groups is 1. The summed E-state index contributed by atoms with van der Waals surface area (Å²) in [7, 11) is 0. The molecule has 0 aliphatic heterocycles. The summed E-state index contributed by atoms with van der Waals surface area (Å²) in [4.78, 5) is 12.5. The Morgan fingerprint density at radius 1 is 0.826 bits per heavy atom. The minimum atomic E-state index is -0.0504. The molecule has 0 aliphatic carbocycles. The van der Waals surface area contributed by atoms with Gasteiger partial charge in [0.2, 0.25) is 0 Å². The smallest absolute Gasteiger partial charge is 0.255 e. The van der Waals surface area contributed by atoms with Crippen molar-refractivity contribution in [3.63, 3.8) is 0 Å². The summed E-state index contributed by atoms with van der Waals surface area (Å²) in [5, 5.41) is 3.12. The molecule has 0 unspecified atom stereocenters.